The topological polar surface area (TPSA) is 44.5 Å². The van der Waals surface area contributed by atoms with Crippen molar-refractivity contribution in [3.8, 4) is 5.75 Å². The highest BCUT2D eigenvalue weighted by molar-refractivity contribution is 9.10. The predicted octanol–water partition coefficient (Wildman–Crippen LogP) is 2.08. The van der Waals surface area contributed by atoms with Gasteiger partial charge in [0.2, 0.25) is 5.82 Å². The van der Waals surface area contributed by atoms with Gasteiger partial charge in [0.1, 0.15) is 6.10 Å². The Kier molecular flexibility index (Phi) is 5.11. The fraction of sp³-hybridized carbons (Fsp3) is 0.400. The Labute approximate surface area is 101 Å². The first kappa shape index (κ1) is 13.3. The lowest BCUT2D eigenvalue weighted by Gasteiger charge is -2.17. The van der Waals surface area contributed by atoms with Gasteiger partial charge in [-0.1, -0.05) is 15.9 Å². The van der Waals surface area contributed by atoms with Crippen LogP contribution < -0.4 is 10.5 Å². The van der Waals surface area contributed by atoms with E-state index < -0.39 is 17.7 Å². The average Bonchev–Trinajstić information content (AvgIpc) is 2.24. The Bertz CT molecular complexity index is 363. The van der Waals surface area contributed by atoms with E-state index >= 15 is 0 Å². The summed E-state index contributed by atoms with van der Waals surface area (Å²) in [5.74, 6) is -2.19. The Hall–Kier alpha value is -0.720. The Morgan fingerprint density at radius 2 is 2.12 bits per heavy atom. The number of benzene rings is 1. The second kappa shape index (κ2) is 6.12. The number of rotatable bonds is 5. The fourth-order valence-electron chi connectivity index (χ4n) is 1.13. The van der Waals surface area contributed by atoms with Gasteiger partial charge in [0.05, 0.1) is 6.61 Å². The van der Waals surface area contributed by atoms with E-state index in [0.717, 1.165) is 6.07 Å². The van der Waals surface area contributed by atoms with Gasteiger partial charge in [0.15, 0.2) is 11.6 Å². The van der Waals surface area contributed by atoms with Crippen LogP contribution in [0.25, 0.3) is 0 Å². The van der Waals surface area contributed by atoms with Gasteiger partial charge in [-0.2, -0.15) is 4.39 Å². The van der Waals surface area contributed by atoms with Crippen molar-refractivity contribution in [2.45, 2.75) is 6.10 Å². The number of hydrogen-bond donors (Lipinski definition) is 1. The van der Waals surface area contributed by atoms with Crippen molar-refractivity contribution in [1.82, 2.24) is 0 Å². The molecule has 0 saturated carbocycles. The second-order valence-electron chi connectivity index (χ2n) is 3.13. The third-order valence-corrected chi connectivity index (χ3v) is 2.33. The van der Waals surface area contributed by atoms with E-state index in [-0.39, 0.29) is 18.9 Å². The van der Waals surface area contributed by atoms with Crippen molar-refractivity contribution in [3.05, 3.63) is 28.2 Å². The van der Waals surface area contributed by atoms with Crippen molar-refractivity contribution >= 4 is 15.9 Å². The molecule has 0 fully saturated rings. The van der Waals surface area contributed by atoms with E-state index in [0.29, 0.717) is 4.47 Å². The number of nitrogens with two attached hydrogens (primary N) is 1. The fourth-order valence-corrected chi connectivity index (χ4v) is 1.54. The van der Waals surface area contributed by atoms with Gasteiger partial charge < -0.3 is 15.2 Å². The molecule has 90 valence electrons. The van der Waals surface area contributed by atoms with Crippen LogP contribution in [-0.4, -0.2) is 26.4 Å². The maximum absolute atomic E-state index is 13.3. The molecule has 1 unspecified atom stereocenters. The quantitative estimate of drug-likeness (QED) is 0.846. The molecule has 0 radical (unpaired) electrons. The smallest absolute Gasteiger partial charge is 0.200 e. The minimum atomic E-state index is -1.03. The molecule has 0 amide bonds. The second-order valence-corrected chi connectivity index (χ2v) is 4.05. The summed E-state index contributed by atoms with van der Waals surface area (Å²) in [6.45, 7) is 0.367. The molecule has 6 heteroatoms. The summed E-state index contributed by atoms with van der Waals surface area (Å²) in [6.07, 6.45) is -0.506. The molecule has 0 heterocycles. The van der Waals surface area contributed by atoms with Crippen molar-refractivity contribution in [3.63, 3.8) is 0 Å². The lowest BCUT2D eigenvalue weighted by atomic mass is 10.3. The lowest BCUT2D eigenvalue weighted by Crippen LogP contribution is -2.31. The number of ether oxygens (including phenoxy) is 2. The highest BCUT2D eigenvalue weighted by Gasteiger charge is 2.15. The van der Waals surface area contributed by atoms with Gasteiger partial charge in [-0.05, 0) is 12.1 Å². The zero-order chi connectivity index (χ0) is 12.1. The summed E-state index contributed by atoms with van der Waals surface area (Å²) in [4.78, 5) is 0. The van der Waals surface area contributed by atoms with E-state index in [4.69, 9.17) is 15.2 Å². The van der Waals surface area contributed by atoms with Crippen LogP contribution in [0.4, 0.5) is 8.78 Å². The molecule has 3 nitrogen and oxygen atoms in total. The van der Waals surface area contributed by atoms with E-state index in [9.17, 15) is 8.78 Å². The number of hydrogen-bond acceptors (Lipinski definition) is 3. The standard InChI is InChI=1S/C10H12BrF2NO2/c1-15-5-7(4-14)16-9-3-6(11)2-8(12)10(9)13/h2-3,7H,4-5,14H2,1H3. The first-order valence-corrected chi connectivity index (χ1v) is 5.38. The van der Waals surface area contributed by atoms with E-state index in [1.54, 1.807) is 0 Å². The minimum absolute atomic E-state index is 0.154. The first-order chi connectivity index (χ1) is 7.58. The van der Waals surface area contributed by atoms with Crippen LogP contribution in [-0.2, 0) is 4.74 Å². The Morgan fingerprint density at radius 1 is 1.44 bits per heavy atom. The Morgan fingerprint density at radius 3 is 2.69 bits per heavy atom. The lowest BCUT2D eigenvalue weighted by molar-refractivity contribution is 0.0826. The molecule has 0 aliphatic heterocycles. The zero-order valence-corrected chi connectivity index (χ0v) is 10.3. The SMILES string of the molecule is COCC(CN)Oc1cc(Br)cc(F)c1F. The highest BCUT2D eigenvalue weighted by Crippen LogP contribution is 2.26. The molecule has 0 saturated heterocycles. The minimum Gasteiger partial charge on any atom is -0.483 e. The summed E-state index contributed by atoms with van der Waals surface area (Å²) in [7, 11) is 1.48. The summed E-state index contributed by atoms with van der Waals surface area (Å²) in [5, 5.41) is 0. The van der Waals surface area contributed by atoms with Gasteiger partial charge in [0.25, 0.3) is 0 Å². The molecule has 2 N–H and O–H groups in total. The zero-order valence-electron chi connectivity index (χ0n) is 8.67. The maximum Gasteiger partial charge on any atom is 0.200 e. The molecular weight excluding hydrogens is 284 g/mol. The van der Waals surface area contributed by atoms with Crippen LogP contribution in [0.5, 0.6) is 5.75 Å². The molecule has 0 spiro atoms. The van der Waals surface area contributed by atoms with E-state index in [1.807, 2.05) is 0 Å². The predicted molar refractivity (Wildman–Crippen MR) is 59.4 cm³/mol. The number of methoxy groups -OCH3 is 1. The number of halogens is 3. The summed E-state index contributed by atoms with van der Waals surface area (Å²) >= 11 is 3.05. The molecular formula is C10H12BrF2NO2. The van der Waals surface area contributed by atoms with Gasteiger partial charge in [0, 0.05) is 18.1 Å². The van der Waals surface area contributed by atoms with Crippen LogP contribution in [0.2, 0.25) is 0 Å². The van der Waals surface area contributed by atoms with Gasteiger partial charge in [-0.15, -0.1) is 0 Å². The van der Waals surface area contributed by atoms with Crippen LogP contribution in [0.3, 0.4) is 0 Å². The van der Waals surface area contributed by atoms with Crippen LogP contribution in [0, 0.1) is 11.6 Å². The van der Waals surface area contributed by atoms with Gasteiger partial charge >= 0.3 is 0 Å². The van der Waals surface area contributed by atoms with Crippen molar-refractivity contribution in [2.24, 2.45) is 5.73 Å². The third kappa shape index (κ3) is 3.40. The van der Waals surface area contributed by atoms with Crippen molar-refractivity contribution < 1.29 is 18.3 Å². The molecule has 1 aromatic rings. The maximum atomic E-state index is 13.3. The molecule has 16 heavy (non-hydrogen) atoms. The average molecular weight is 296 g/mol. The van der Waals surface area contributed by atoms with Crippen molar-refractivity contribution in [1.29, 1.82) is 0 Å². The molecule has 0 aliphatic carbocycles. The van der Waals surface area contributed by atoms with Gasteiger partial charge in [-0.3, -0.25) is 0 Å². The summed E-state index contributed by atoms with van der Waals surface area (Å²) in [5.41, 5.74) is 5.40. The first-order valence-electron chi connectivity index (χ1n) is 4.58. The monoisotopic (exact) mass is 295 g/mol. The summed E-state index contributed by atoms with van der Waals surface area (Å²) in [6, 6.07) is 2.37. The van der Waals surface area contributed by atoms with Crippen LogP contribution >= 0.6 is 15.9 Å². The van der Waals surface area contributed by atoms with E-state index in [1.165, 1.54) is 13.2 Å². The third-order valence-electron chi connectivity index (χ3n) is 1.87. The Balaban J connectivity index is 2.87. The van der Waals surface area contributed by atoms with Crippen molar-refractivity contribution in [2.75, 3.05) is 20.3 Å². The molecule has 1 aromatic carbocycles. The molecule has 1 rings (SSSR count). The van der Waals surface area contributed by atoms with E-state index in [2.05, 4.69) is 15.9 Å². The summed E-state index contributed by atoms with van der Waals surface area (Å²) < 4.78 is 36.8. The van der Waals surface area contributed by atoms with Crippen LogP contribution in [0.15, 0.2) is 16.6 Å². The van der Waals surface area contributed by atoms with Crippen LogP contribution in [0.1, 0.15) is 0 Å². The molecule has 0 aromatic heterocycles. The normalized spacial score (nSPS) is 12.6. The molecule has 1 atom stereocenters. The molecule has 0 aliphatic rings. The molecule has 0 bridgehead atoms. The van der Waals surface area contributed by atoms with Gasteiger partial charge in [-0.25, -0.2) is 4.39 Å². The highest BCUT2D eigenvalue weighted by atomic mass is 79.9. The largest absolute Gasteiger partial charge is 0.483 e.